The quantitative estimate of drug-likeness (QED) is 0.517. The number of carbonyl (C=O) groups is 3. The van der Waals surface area contributed by atoms with Crippen LogP contribution in [-0.2, 0) is 23.9 Å². The number of hydrogen-bond acceptors (Lipinski definition) is 7. The number of hydrogen-bond donors (Lipinski definition) is 1. The second kappa shape index (κ2) is 7.27. The van der Waals surface area contributed by atoms with E-state index in [1.165, 1.54) is 14.2 Å². The molecule has 0 aromatic heterocycles. The lowest BCUT2D eigenvalue weighted by atomic mass is 9.80. The van der Waals surface area contributed by atoms with Crippen LogP contribution in [0.1, 0.15) is 6.42 Å². The van der Waals surface area contributed by atoms with E-state index in [-0.39, 0.29) is 28.7 Å². The van der Waals surface area contributed by atoms with Gasteiger partial charge in [-0.05, 0) is 24.5 Å². The SMILES string of the molecule is COc1ccc(OC)c(NC(=O)COC(=O)[C@@H]2[C@H]3C[C@H]4[C@H](OC(=O)[C@@H]42)[C@H]3Br)c1. The highest BCUT2D eigenvalue weighted by Gasteiger charge is 2.68. The van der Waals surface area contributed by atoms with Gasteiger partial charge in [0.2, 0.25) is 0 Å². The van der Waals surface area contributed by atoms with Gasteiger partial charge in [-0.1, -0.05) is 15.9 Å². The van der Waals surface area contributed by atoms with E-state index in [0.717, 1.165) is 6.42 Å². The number of carbonyl (C=O) groups excluding carboxylic acids is 3. The summed E-state index contributed by atoms with van der Waals surface area (Å²) in [7, 11) is 3.00. The minimum absolute atomic E-state index is 0.0134. The summed E-state index contributed by atoms with van der Waals surface area (Å²) < 4.78 is 21.0. The molecule has 8 nitrogen and oxygen atoms in total. The first-order valence-corrected chi connectivity index (χ1v) is 9.89. The van der Waals surface area contributed by atoms with Crippen LogP contribution in [0, 0.1) is 23.7 Å². The Morgan fingerprint density at radius 2 is 2.04 bits per heavy atom. The van der Waals surface area contributed by atoms with Crippen LogP contribution in [0.2, 0.25) is 0 Å². The van der Waals surface area contributed by atoms with Crippen molar-refractivity contribution in [2.75, 3.05) is 26.1 Å². The zero-order chi connectivity index (χ0) is 20.0. The summed E-state index contributed by atoms with van der Waals surface area (Å²) in [5, 5.41) is 2.65. The van der Waals surface area contributed by atoms with Crippen molar-refractivity contribution in [3.63, 3.8) is 0 Å². The first kappa shape index (κ1) is 19.0. The summed E-state index contributed by atoms with van der Waals surface area (Å²) in [5.41, 5.74) is 0.408. The number of benzene rings is 1. The molecule has 6 atom stereocenters. The number of ether oxygens (including phenoxy) is 4. The molecule has 1 aromatic rings. The Morgan fingerprint density at radius 3 is 2.75 bits per heavy atom. The molecule has 0 radical (unpaired) electrons. The van der Waals surface area contributed by atoms with Gasteiger partial charge in [-0.3, -0.25) is 14.4 Å². The fourth-order valence-corrected chi connectivity index (χ4v) is 5.67. The van der Waals surface area contributed by atoms with E-state index in [0.29, 0.717) is 17.2 Å². The highest BCUT2D eigenvalue weighted by Crippen LogP contribution is 2.60. The van der Waals surface area contributed by atoms with E-state index in [1.54, 1.807) is 18.2 Å². The normalized spacial score (nSPS) is 32.0. The van der Waals surface area contributed by atoms with E-state index < -0.39 is 30.3 Å². The molecule has 1 aromatic carbocycles. The summed E-state index contributed by atoms with van der Waals surface area (Å²) >= 11 is 3.55. The Labute approximate surface area is 170 Å². The molecule has 2 bridgehead atoms. The second-order valence-electron chi connectivity index (χ2n) is 7.18. The van der Waals surface area contributed by atoms with Crippen LogP contribution in [0.5, 0.6) is 11.5 Å². The summed E-state index contributed by atoms with van der Waals surface area (Å²) in [4.78, 5) is 36.9. The van der Waals surface area contributed by atoms with Gasteiger partial charge in [0.05, 0.1) is 36.6 Å². The largest absolute Gasteiger partial charge is 0.497 e. The monoisotopic (exact) mass is 453 g/mol. The van der Waals surface area contributed by atoms with Gasteiger partial charge in [0.1, 0.15) is 17.6 Å². The van der Waals surface area contributed by atoms with Crippen molar-refractivity contribution >= 4 is 39.5 Å². The fourth-order valence-electron chi connectivity index (χ4n) is 4.63. The molecule has 28 heavy (non-hydrogen) atoms. The van der Waals surface area contributed by atoms with Crippen molar-refractivity contribution in [1.29, 1.82) is 0 Å². The molecule has 2 saturated carbocycles. The van der Waals surface area contributed by atoms with Crippen LogP contribution >= 0.6 is 15.9 Å². The second-order valence-corrected chi connectivity index (χ2v) is 8.24. The third kappa shape index (κ3) is 3.01. The molecule has 0 unspecified atom stereocenters. The number of nitrogens with one attached hydrogen (secondary N) is 1. The predicted octanol–water partition coefficient (Wildman–Crippen LogP) is 1.76. The Bertz CT molecular complexity index is 829. The smallest absolute Gasteiger partial charge is 0.310 e. The summed E-state index contributed by atoms with van der Waals surface area (Å²) in [6.45, 7) is -0.453. The van der Waals surface area contributed by atoms with E-state index in [2.05, 4.69) is 21.2 Å². The molecular weight excluding hydrogens is 434 g/mol. The zero-order valence-corrected chi connectivity index (χ0v) is 16.9. The van der Waals surface area contributed by atoms with Crippen LogP contribution in [0.15, 0.2) is 18.2 Å². The number of alkyl halides is 1. The molecule has 9 heteroatoms. The average Bonchev–Trinajstić information content (AvgIpc) is 3.30. The molecule has 0 spiro atoms. The highest BCUT2D eigenvalue weighted by molar-refractivity contribution is 9.09. The third-order valence-corrected chi connectivity index (χ3v) is 7.02. The molecular formula is C19H20BrNO7. The molecule has 1 N–H and O–H groups in total. The van der Waals surface area contributed by atoms with Gasteiger partial charge in [-0.2, -0.15) is 0 Å². The number of fused-ring (bicyclic) bond motifs is 1. The van der Waals surface area contributed by atoms with Crippen molar-refractivity contribution in [2.45, 2.75) is 17.4 Å². The van der Waals surface area contributed by atoms with Crippen molar-refractivity contribution in [3.8, 4) is 11.5 Å². The highest BCUT2D eigenvalue weighted by atomic mass is 79.9. The number of methoxy groups -OCH3 is 2. The fraction of sp³-hybridized carbons (Fsp3) is 0.526. The molecule has 1 amide bonds. The Kier molecular flexibility index (Phi) is 4.95. The Hall–Kier alpha value is -2.29. The lowest BCUT2D eigenvalue weighted by Gasteiger charge is -2.26. The first-order valence-electron chi connectivity index (χ1n) is 8.97. The zero-order valence-electron chi connectivity index (χ0n) is 15.3. The lowest BCUT2D eigenvalue weighted by molar-refractivity contribution is -0.157. The lowest BCUT2D eigenvalue weighted by Crippen LogP contribution is -2.39. The molecule has 4 rings (SSSR count). The predicted molar refractivity (Wildman–Crippen MR) is 100 cm³/mol. The molecule has 1 aliphatic heterocycles. The number of halogens is 1. The van der Waals surface area contributed by atoms with E-state index in [4.69, 9.17) is 18.9 Å². The number of rotatable bonds is 6. The Balaban J connectivity index is 1.38. The van der Waals surface area contributed by atoms with Crippen molar-refractivity contribution in [3.05, 3.63) is 18.2 Å². The minimum atomic E-state index is -0.570. The van der Waals surface area contributed by atoms with Gasteiger partial charge in [0, 0.05) is 12.0 Å². The maximum Gasteiger partial charge on any atom is 0.310 e. The van der Waals surface area contributed by atoms with Gasteiger partial charge in [-0.25, -0.2) is 0 Å². The van der Waals surface area contributed by atoms with Gasteiger partial charge in [0.15, 0.2) is 6.61 Å². The van der Waals surface area contributed by atoms with Crippen LogP contribution < -0.4 is 14.8 Å². The number of esters is 2. The van der Waals surface area contributed by atoms with E-state index >= 15 is 0 Å². The van der Waals surface area contributed by atoms with Crippen LogP contribution in [0.3, 0.4) is 0 Å². The van der Waals surface area contributed by atoms with Crippen LogP contribution in [0.25, 0.3) is 0 Å². The average molecular weight is 454 g/mol. The van der Waals surface area contributed by atoms with Gasteiger partial charge in [-0.15, -0.1) is 0 Å². The molecule has 1 heterocycles. The van der Waals surface area contributed by atoms with Gasteiger partial charge in [0.25, 0.3) is 5.91 Å². The topological polar surface area (TPSA) is 100 Å². The minimum Gasteiger partial charge on any atom is -0.497 e. The number of anilines is 1. The Morgan fingerprint density at radius 1 is 1.25 bits per heavy atom. The van der Waals surface area contributed by atoms with Gasteiger partial charge >= 0.3 is 11.9 Å². The third-order valence-electron chi connectivity index (χ3n) is 5.82. The van der Waals surface area contributed by atoms with Crippen molar-refractivity contribution in [1.82, 2.24) is 0 Å². The standard InChI is InChI=1S/C19H20BrNO7/c1-25-8-3-4-12(26-2)11(5-8)21-13(22)7-27-18(23)14-9-6-10-15(14)19(24)28-17(10)16(9)20/h3-5,9-10,14-17H,6-7H2,1-2H3,(H,21,22)/t9-,10-,14-,15+,16+,17+/m1/s1. The van der Waals surface area contributed by atoms with Crippen molar-refractivity contribution in [2.24, 2.45) is 23.7 Å². The molecule has 2 aliphatic carbocycles. The maximum atomic E-state index is 12.6. The molecule has 150 valence electrons. The molecule has 3 fully saturated rings. The van der Waals surface area contributed by atoms with Crippen LogP contribution in [0.4, 0.5) is 5.69 Å². The summed E-state index contributed by atoms with van der Waals surface area (Å²) in [6.07, 6.45) is 0.597. The van der Waals surface area contributed by atoms with Crippen molar-refractivity contribution < 1.29 is 33.3 Å². The van der Waals surface area contributed by atoms with Crippen LogP contribution in [-0.4, -0.2) is 49.6 Å². The summed E-state index contributed by atoms with van der Waals surface area (Å²) in [5.74, 6) is -1.38. The van der Waals surface area contributed by atoms with E-state index in [1.807, 2.05) is 0 Å². The first-order chi connectivity index (χ1) is 13.4. The maximum absolute atomic E-state index is 12.6. The number of amides is 1. The van der Waals surface area contributed by atoms with Gasteiger partial charge < -0.3 is 24.3 Å². The molecule has 3 aliphatic rings. The van der Waals surface area contributed by atoms with E-state index in [9.17, 15) is 14.4 Å². The summed E-state index contributed by atoms with van der Waals surface area (Å²) in [6, 6.07) is 4.97. The molecule has 1 saturated heterocycles.